The molecule has 0 saturated carbocycles. The molecule has 0 amide bonds. The van der Waals surface area contributed by atoms with Gasteiger partial charge in [-0.15, -0.1) is 0 Å². The Morgan fingerprint density at radius 1 is 1.04 bits per heavy atom. The van der Waals surface area contributed by atoms with Gasteiger partial charge in [0.15, 0.2) is 17.6 Å². The second-order valence-electron chi connectivity index (χ2n) is 6.30. The van der Waals surface area contributed by atoms with Crippen LogP contribution in [0.1, 0.15) is 6.17 Å². The Kier molecular flexibility index (Phi) is 4.61. The molecule has 2 heterocycles. The number of hydrogen-bond donors (Lipinski definition) is 0. The van der Waals surface area contributed by atoms with Gasteiger partial charge in [0.2, 0.25) is 0 Å². The molecular weight excluding hydrogens is 355 g/mol. The third-order valence-electron chi connectivity index (χ3n) is 4.82. The maximum atomic E-state index is 13.1. The molecule has 1 atom stereocenters. The van der Waals surface area contributed by atoms with Crippen LogP contribution in [-0.4, -0.2) is 47.1 Å². The van der Waals surface area contributed by atoms with E-state index in [1.807, 2.05) is 24.3 Å². The molecule has 2 aromatic carbocycles. The summed E-state index contributed by atoms with van der Waals surface area (Å²) in [7, 11) is 0. The molecule has 1 aliphatic rings. The van der Waals surface area contributed by atoms with Crippen LogP contribution in [0.4, 0.5) is 10.1 Å². The highest BCUT2D eigenvalue weighted by molar-refractivity contribution is 6.34. The summed E-state index contributed by atoms with van der Waals surface area (Å²) < 4.78 is 14.8. The molecule has 3 aromatic rings. The summed E-state index contributed by atoms with van der Waals surface area (Å²) in [6, 6.07) is 14.1. The lowest BCUT2D eigenvalue weighted by Crippen LogP contribution is -2.49. The number of nitrogens with zero attached hydrogens (tertiary/aromatic N) is 4. The van der Waals surface area contributed by atoms with Crippen LogP contribution >= 0.6 is 11.6 Å². The second kappa shape index (κ2) is 7.05. The molecule has 1 unspecified atom stereocenters. The SMILES string of the molecule is O=CC(N1CCN(c2ccc(F)cc2)CC1)n1nc(Cl)c2ccccc21. The molecule has 26 heavy (non-hydrogen) atoms. The molecule has 4 rings (SSSR count). The first kappa shape index (κ1) is 17.0. The lowest BCUT2D eigenvalue weighted by atomic mass is 10.2. The average Bonchev–Trinajstić information content (AvgIpc) is 3.01. The Bertz CT molecular complexity index is 919. The predicted octanol–water partition coefficient (Wildman–Crippen LogP) is 3.35. The topological polar surface area (TPSA) is 41.4 Å². The smallest absolute Gasteiger partial charge is 0.161 e. The highest BCUT2D eigenvalue weighted by atomic mass is 35.5. The van der Waals surface area contributed by atoms with E-state index in [4.69, 9.17) is 11.6 Å². The summed E-state index contributed by atoms with van der Waals surface area (Å²) >= 11 is 6.23. The van der Waals surface area contributed by atoms with Gasteiger partial charge in [0.1, 0.15) is 5.82 Å². The highest BCUT2D eigenvalue weighted by Crippen LogP contribution is 2.27. The van der Waals surface area contributed by atoms with Crippen LogP contribution in [-0.2, 0) is 4.79 Å². The van der Waals surface area contributed by atoms with Crippen molar-refractivity contribution in [3.8, 4) is 0 Å². The number of aldehydes is 1. The van der Waals surface area contributed by atoms with Gasteiger partial charge in [-0.05, 0) is 36.4 Å². The number of hydrogen-bond acceptors (Lipinski definition) is 4. The molecule has 7 heteroatoms. The molecule has 0 N–H and O–H groups in total. The zero-order valence-electron chi connectivity index (χ0n) is 14.1. The quantitative estimate of drug-likeness (QED) is 0.659. The summed E-state index contributed by atoms with van der Waals surface area (Å²) in [6.07, 6.45) is 0.409. The molecule has 0 bridgehead atoms. The molecule has 1 aliphatic heterocycles. The van der Waals surface area contributed by atoms with E-state index in [2.05, 4.69) is 14.9 Å². The molecule has 1 fully saturated rings. The zero-order valence-corrected chi connectivity index (χ0v) is 14.8. The van der Waals surface area contributed by atoms with Crippen molar-refractivity contribution in [1.82, 2.24) is 14.7 Å². The van der Waals surface area contributed by atoms with Crippen molar-refractivity contribution in [3.05, 3.63) is 59.5 Å². The molecule has 0 aliphatic carbocycles. The molecule has 5 nitrogen and oxygen atoms in total. The number of carbonyl (C=O) groups excluding carboxylic acids is 1. The minimum atomic E-state index is -0.497. The van der Waals surface area contributed by atoms with E-state index in [-0.39, 0.29) is 5.82 Å². The number of carbonyl (C=O) groups is 1. The monoisotopic (exact) mass is 372 g/mol. The molecule has 1 saturated heterocycles. The van der Waals surface area contributed by atoms with Crippen molar-refractivity contribution in [2.45, 2.75) is 6.17 Å². The maximum absolute atomic E-state index is 13.1. The Morgan fingerprint density at radius 2 is 1.73 bits per heavy atom. The van der Waals surface area contributed by atoms with Crippen molar-refractivity contribution in [1.29, 1.82) is 0 Å². The molecule has 134 valence electrons. The van der Waals surface area contributed by atoms with Gasteiger partial charge in [0.25, 0.3) is 0 Å². The first-order valence-electron chi connectivity index (χ1n) is 8.50. The fraction of sp³-hybridized carbons (Fsp3) is 0.263. The maximum Gasteiger partial charge on any atom is 0.161 e. The van der Waals surface area contributed by atoms with E-state index >= 15 is 0 Å². The summed E-state index contributed by atoms with van der Waals surface area (Å²) in [4.78, 5) is 16.1. The van der Waals surface area contributed by atoms with Gasteiger partial charge in [-0.3, -0.25) is 9.69 Å². The predicted molar refractivity (Wildman–Crippen MR) is 100 cm³/mol. The van der Waals surface area contributed by atoms with Gasteiger partial charge in [0.05, 0.1) is 5.52 Å². The Hall–Kier alpha value is -2.44. The van der Waals surface area contributed by atoms with Gasteiger partial charge in [-0.25, -0.2) is 9.07 Å². The average molecular weight is 373 g/mol. The first-order valence-corrected chi connectivity index (χ1v) is 8.88. The number of halogens is 2. The van der Waals surface area contributed by atoms with Gasteiger partial charge in [0, 0.05) is 37.3 Å². The molecule has 0 spiro atoms. The number of piperazine rings is 1. The van der Waals surface area contributed by atoms with Crippen LogP contribution in [0.15, 0.2) is 48.5 Å². The number of benzene rings is 2. The Morgan fingerprint density at radius 3 is 2.42 bits per heavy atom. The third-order valence-corrected chi connectivity index (χ3v) is 5.10. The number of anilines is 1. The summed E-state index contributed by atoms with van der Waals surface area (Å²) in [5, 5.41) is 5.62. The largest absolute Gasteiger partial charge is 0.369 e. The van der Waals surface area contributed by atoms with Crippen molar-refractivity contribution in [3.63, 3.8) is 0 Å². The van der Waals surface area contributed by atoms with Crippen molar-refractivity contribution in [2.75, 3.05) is 31.1 Å². The standard InChI is InChI=1S/C19H18ClFN4O/c20-19-16-3-1-2-4-17(16)25(22-19)18(13-26)24-11-9-23(10-12-24)15-7-5-14(21)6-8-15/h1-8,13,18H,9-12H2. The van der Waals surface area contributed by atoms with E-state index in [1.165, 1.54) is 12.1 Å². The number of aromatic nitrogens is 2. The van der Waals surface area contributed by atoms with Gasteiger partial charge in [-0.1, -0.05) is 23.7 Å². The Balaban J connectivity index is 1.53. The lowest BCUT2D eigenvalue weighted by molar-refractivity contribution is -0.115. The highest BCUT2D eigenvalue weighted by Gasteiger charge is 2.27. The van der Waals surface area contributed by atoms with Crippen LogP contribution in [0.5, 0.6) is 0 Å². The van der Waals surface area contributed by atoms with E-state index in [1.54, 1.807) is 16.8 Å². The van der Waals surface area contributed by atoms with E-state index in [9.17, 15) is 9.18 Å². The summed E-state index contributed by atoms with van der Waals surface area (Å²) in [6.45, 7) is 2.91. The lowest BCUT2D eigenvalue weighted by Gasteiger charge is -2.38. The zero-order chi connectivity index (χ0) is 18.1. The van der Waals surface area contributed by atoms with E-state index < -0.39 is 6.17 Å². The first-order chi connectivity index (χ1) is 12.7. The number of rotatable bonds is 4. The van der Waals surface area contributed by atoms with Gasteiger partial charge in [-0.2, -0.15) is 5.10 Å². The van der Waals surface area contributed by atoms with E-state index in [0.717, 1.165) is 36.0 Å². The second-order valence-corrected chi connectivity index (χ2v) is 6.66. The normalized spacial score (nSPS) is 16.8. The fourth-order valence-electron chi connectivity index (χ4n) is 3.45. The molecule has 1 aromatic heterocycles. The van der Waals surface area contributed by atoms with E-state index in [0.29, 0.717) is 18.2 Å². The number of fused-ring (bicyclic) bond motifs is 1. The van der Waals surface area contributed by atoms with Crippen molar-refractivity contribution in [2.24, 2.45) is 0 Å². The minimum Gasteiger partial charge on any atom is -0.369 e. The van der Waals surface area contributed by atoms with Gasteiger partial charge >= 0.3 is 0 Å². The van der Waals surface area contributed by atoms with Crippen LogP contribution < -0.4 is 4.90 Å². The van der Waals surface area contributed by atoms with Gasteiger partial charge < -0.3 is 4.90 Å². The fourth-order valence-corrected chi connectivity index (χ4v) is 3.69. The van der Waals surface area contributed by atoms with Crippen molar-refractivity contribution < 1.29 is 9.18 Å². The van der Waals surface area contributed by atoms with Crippen LogP contribution in [0.25, 0.3) is 10.9 Å². The summed E-state index contributed by atoms with van der Waals surface area (Å²) in [5.74, 6) is -0.240. The molecular formula is C19H18ClFN4O. The van der Waals surface area contributed by atoms with Crippen LogP contribution in [0.3, 0.4) is 0 Å². The van der Waals surface area contributed by atoms with Crippen molar-refractivity contribution >= 4 is 34.5 Å². The Labute approximate surface area is 155 Å². The minimum absolute atomic E-state index is 0.240. The third kappa shape index (κ3) is 3.06. The number of para-hydroxylation sites is 1. The summed E-state index contributed by atoms with van der Waals surface area (Å²) in [5.41, 5.74) is 1.83. The van der Waals surface area contributed by atoms with Crippen LogP contribution in [0, 0.1) is 5.82 Å². The molecule has 0 radical (unpaired) electrons. The van der Waals surface area contributed by atoms with Crippen LogP contribution in [0.2, 0.25) is 5.15 Å².